The lowest BCUT2D eigenvalue weighted by atomic mass is 10.2. The van der Waals surface area contributed by atoms with E-state index in [2.05, 4.69) is 55.5 Å². The van der Waals surface area contributed by atoms with Crippen molar-refractivity contribution in [1.29, 1.82) is 0 Å². The van der Waals surface area contributed by atoms with Crippen LogP contribution in [0.2, 0.25) is 0 Å². The predicted molar refractivity (Wildman–Crippen MR) is 82.9 cm³/mol. The number of imidazole rings is 1. The third-order valence-corrected chi connectivity index (χ3v) is 3.63. The molecule has 3 nitrogen and oxygen atoms in total. The number of hydrogen-bond acceptors (Lipinski definition) is 2. The van der Waals surface area contributed by atoms with Crippen molar-refractivity contribution in [2.75, 3.05) is 18.0 Å². The van der Waals surface area contributed by atoms with Gasteiger partial charge in [-0.1, -0.05) is 20.8 Å². The van der Waals surface area contributed by atoms with Crippen LogP contribution in [0.1, 0.15) is 39.4 Å². The standard InChI is InChI=1S/C16H25N3/c1-5-10-19(11-6-2)13-8-9-15-14(12-13)17-16(7-3)18(15)4/h8-9,12H,5-7,10-11H2,1-4H3. The van der Waals surface area contributed by atoms with Gasteiger partial charge in [0.05, 0.1) is 11.0 Å². The Balaban J connectivity index is 2.39. The Hall–Kier alpha value is -1.51. The van der Waals surface area contributed by atoms with Gasteiger partial charge in [0.1, 0.15) is 5.82 Å². The van der Waals surface area contributed by atoms with E-state index in [1.165, 1.54) is 24.0 Å². The van der Waals surface area contributed by atoms with Gasteiger partial charge < -0.3 is 9.47 Å². The number of nitrogens with zero attached hydrogens (tertiary/aromatic N) is 3. The first-order valence-electron chi connectivity index (χ1n) is 7.41. The Morgan fingerprint density at radius 3 is 2.37 bits per heavy atom. The Morgan fingerprint density at radius 2 is 1.79 bits per heavy atom. The first kappa shape index (κ1) is 13.9. The Labute approximate surface area is 116 Å². The van der Waals surface area contributed by atoms with Gasteiger partial charge in [0, 0.05) is 32.2 Å². The fourth-order valence-corrected chi connectivity index (χ4v) is 2.66. The van der Waals surface area contributed by atoms with E-state index in [4.69, 9.17) is 4.98 Å². The van der Waals surface area contributed by atoms with Crippen LogP contribution in [0.5, 0.6) is 0 Å². The maximum absolute atomic E-state index is 4.73. The van der Waals surface area contributed by atoms with Gasteiger partial charge in [-0.15, -0.1) is 0 Å². The second-order valence-corrected chi connectivity index (χ2v) is 5.10. The van der Waals surface area contributed by atoms with Gasteiger partial charge in [-0.2, -0.15) is 0 Å². The third kappa shape index (κ3) is 2.75. The lowest BCUT2D eigenvalue weighted by molar-refractivity contribution is 0.745. The van der Waals surface area contributed by atoms with Crippen LogP contribution in [-0.4, -0.2) is 22.6 Å². The molecule has 0 saturated carbocycles. The summed E-state index contributed by atoms with van der Waals surface area (Å²) >= 11 is 0. The fourth-order valence-electron chi connectivity index (χ4n) is 2.66. The molecule has 1 heterocycles. The van der Waals surface area contributed by atoms with E-state index < -0.39 is 0 Å². The summed E-state index contributed by atoms with van der Waals surface area (Å²) in [5, 5.41) is 0. The van der Waals surface area contributed by atoms with Crippen LogP contribution in [0.4, 0.5) is 5.69 Å². The topological polar surface area (TPSA) is 21.1 Å². The number of rotatable bonds is 6. The average Bonchev–Trinajstić information content (AvgIpc) is 2.74. The van der Waals surface area contributed by atoms with E-state index in [0.717, 1.165) is 30.9 Å². The number of benzene rings is 1. The summed E-state index contributed by atoms with van der Waals surface area (Å²) < 4.78 is 2.20. The SMILES string of the molecule is CCCN(CCC)c1ccc2c(c1)nc(CC)n2C. The van der Waals surface area contributed by atoms with Gasteiger partial charge in [-0.3, -0.25) is 0 Å². The average molecular weight is 259 g/mol. The van der Waals surface area contributed by atoms with Gasteiger partial charge >= 0.3 is 0 Å². The molecular weight excluding hydrogens is 234 g/mol. The van der Waals surface area contributed by atoms with E-state index in [-0.39, 0.29) is 0 Å². The van der Waals surface area contributed by atoms with Crippen LogP contribution < -0.4 is 4.90 Å². The molecule has 0 unspecified atom stereocenters. The quantitative estimate of drug-likeness (QED) is 0.787. The summed E-state index contributed by atoms with van der Waals surface area (Å²) in [6, 6.07) is 6.67. The number of aromatic nitrogens is 2. The highest BCUT2D eigenvalue weighted by atomic mass is 15.1. The van der Waals surface area contributed by atoms with E-state index in [1.807, 2.05) is 0 Å². The monoisotopic (exact) mass is 259 g/mol. The van der Waals surface area contributed by atoms with Crippen LogP contribution in [-0.2, 0) is 13.5 Å². The fraction of sp³-hybridized carbons (Fsp3) is 0.562. The Kier molecular flexibility index (Phi) is 4.46. The molecule has 3 heteroatoms. The molecule has 0 fully saturated rings. The molecule has 0 bridgehead atoms. The van der Waals surface area contributed by atoms with Crippen LogP contribution in [0.15, 0.2) is 18.2 Å². The second-order valence-electron chi connectivity index (χ2n) is 5.10. The van der Waals surface area contributed by atoms with Crippen molar-refractivity contribution in [3.63, 3.8) is 0 Å². The van der Waals surface area contributed by atoms with E-state index in [9.17, 15) is 0 Å². The number of aryl methyl sites for hydroxylation is 2. The molecule has 1 aromatic carbocycles. The van der Waals surface area contributed by atoms with Gasteiger partial charge in [0.2, 0.25) is 0 Å². The molecular formula is C16H25N3. The van der Waals surface area contributed by atoms with Crippen molar-refractivity contribution in [3.8, 4) is 0 Å². The maximum Gasteiger partial charge on any atom is 0.109 e. The molecule has 104 valence electrons. The normalized spacial score (nSPS) is 11.2. The minimum Gasteiger partial charge on any atom is -0.371 e. The molecule has 0 aliphatic heterocycles. The highest BCUT2D eigenvalue weighted by molar-refractivity contribution is 5.80. The molecule has 0 N–H and O–H groups in total. The summed E-state index contributed by atoms with van der Waals surface area (Å²) in [4.78, 5) is 7.19. The molecule has 2 aromatic rings. The first-order chi connectivity index (χ1) is 9.21. The first-order valence-corrected chi connectivity index (χ1v) is 7.41. The highest BCUT2D eigenvalue weighted by Crippen LogP contribution is 2.23. The van der Waals surface area contributed by atoms with Crippen molar-refractivity contribution >= 4 is 16.7 Å². The van der Waals surface area contributed by atoms with Crippen LogP contribution in [0, 0.1) is 0 Å². The highest BCUT2D eigenvalue weighted by Gasteiger charge is 2.09. The zero-order valence-corrected chi connectivity index (χ0v) is 12.6. The molecule has 0 radical (unpaired) electrons. The minimum atomic E-state index is 0.980. The van der Waals surface area contributed by atoms with Crippen molar-refractivity contribution in [2.45, 2.75) is 40.0 Å². The maximum atomic E-state index is 4.73. The minimum absolute atomic E-state index is 0.980. The molecule has 0 spiro atoms. The molecule has 2 rings (SSSR count). The second kappa shape index (κ2) is 6.09. The van der Waals surface area contributed by atoms with E-state index >= 15 is 0 Å². The van der Waals surface area contributed by atoms with Crippen molar-refractivity contribution in [2.24, 2.45) is 7.05 Å². The molecule has 1 aromatic heterocycles. The van der Waals surface area contributed by atoms with Crippen LogP contribution >= 0.6 is 0 Å². The van der Waals surface area contributed by atoms with Gasteiger partial charge in [-0.05, 0) is 31.0 Å². The molecule has 19 heavy (non-hydrogen) atoms. The molecule has 0 saturated heterocycles. The largest absolute Gasteiger partial charge is 0.371 e. The summed E-state index contributed by atoms with van der Waals surface area (Å²) in [7, 11) is 2.10. The van der Waals surface area contributed by atoms with Crippen LogP contribution in [0.3, 0.4) is 0 Å². The van der Waals surface area contributed by atoms with Gasteiger partial charge in [0.25, 0.3) is 0 Å². The van der Waals surface area contributed by atoms with Crippen LogP contribution in [0.25, 0.3) is 11.0 Å². The number of fused-ring (bicyclic) bond motifs is 1. The summed E-state index contributed by atoms with van der Waals surface area (Å²) in [5.41, 5.74) is 3.65. The van der Waals surface area contributed by atoms with Gasteiger partial charge in [-0.25, -0.2) is 4.98 Å². The Bertz CT molecular complexity index is 536. The van der Waals surface area contributed by atoms with Crippen molar-refractivity contribution in [1.82, 2.24) is 9.55 Å². The molecule has 0 aliphatic carbocycles. The van der Waals surface area contributed by atoms with Crippen molar-refractivity contribution in [3.05, 3.63) is 24.0 Å². The van der Waals surface area contributed by atoms with E-state index in [1.54, 1.807) is 0 Å². The molecule has 0 aliphatic rings. The lowest BCUT2D eigenvalue weighted by Crippen LogP contribution is -2.24. The summed E-state index contributed by atoms with van der Waals surface area (Å²) in [6.45, 7) is 8.86. The smallest absolute Gasteiger partial charge is 0.109 e. The van der Waals surface area contributed by atoms with Crippen molar-refractivity contribution < 1.29 is 0 Å². The Morgan fingerprint density at radius 1 is 1.11 bits per heavy atom. The van der Waals surface area contributed by atoms with E-state index in [0.29, 0.717) is 0 Å². The lowest BCUT2D eigenvalue weighted by Gasteiger charge is -2.23. The molecule has 0 amide bonds. The molecule has 0 atom stereocenters. The predicted octanol–water partition coefficient (Wildman–Crippen LogP) is 3.76. The number of anilines is 1. The summed E-state index contributed by atoms with van der Waals surface area (Å²) in [5.74, 6) is 1.16. The number of hydrogen-bond donors (Lipinski definition) is 0. The zero-order valence-electron chi connectivity index (χ0n) is 12.6. The third-order valence-electron chi connectivity index (χ3n) is 3.63. The zero-order chi connectivity index (χ0) is 13.8. The summed E-state index contributed by atoms with van der Waals surface area (Å²) in [6.07, 6.45) is 3.34. The van der Waals surface area contributed by atoms with Gasteiger partial charge in [0.15, 0.2) is 0 Å².